The second-order valence-electron chi connectivity index (χ2n) is 19.5. The van der Waals surface area contributed by atoms with Crippen LogP contribution in [-0.4, -0.2) is 100 Å². The standard InChI is InChI=1S/C52H62N4O9S2/c1-5-29(2)49(61)65-51(3)14-13-32-28-66-67-43-19-37(27-58)47(54-4)40-25-56(48(40)43)45(60)20-36-24-55-44(53)21-39(36)46(32)52(51)23-35-18-33-17-34(50(62)63-41(33)22-42(35)64-52)15-31(26-57)11-12-38(59)16-30-9-7-6-8-10-30/h5-10,13,17-18,21-22,27,31,37-38,40,43,46-48,54-55,57,59H,11-12,14-16,19-20,23-26,28,53H2,1-4H3. The van der Waals surface area contributed by atoms with Crippen molar-refractivity contribution >= 4 is 50.7 Å². The first-order valence-electron chi connectivity index (χ1n) is 23.6. The van der Waals surface area contributed by atoms with Crippen molar-refractivity contribution in [2.24, 2.45) is 29.4 Å². The van der Waals surface area contributed by atoms with Crippen LogP contribution in [0.4, 0.5) is 0 Å². The number of nitrogens with two attached hydrogens (primary N) is 1. The lowest BCUT2D eigenvalue weighted by Gasteiger charge is -2.58. The number of nitrogens with zero attached hydrogens (tertiary/aromatic N) is 1. The summed E-state index contributed by atoms with van der Waals surface area (Å²) in [6.45, 7) is 6.23. The van der Waals surface area contributed by atoms with Crippen LogP contribution in [-0.2, 0) is 38.4 Å². The third kappa shape index (κ3) is 8.90. The molecule has 67 heavy (non-hydrogen) atoms. The molecule has 2 aliphatic carbocycles. The first kappa shape index (κ1) is 47.3. The van der Waals surface area contributed by atoms with Crippen LogP contribution >= 0.6 is 21.6 Å². The zero-order valence-corrected chi connectivity index (χ0v) is 40.3. The normalized spacial score (nSPS) is 30.1. The summed E-state index contributed by atoms with van der Waals surface area (Å²) in [6.07, 6.45) is 9.57. The minimum Gasteiger partial charge on any atom is -0.481 e. The molecule has 0 radical (unpaired) electrons. The van der Waals surface area contributed by atoms with Crippen LogP contribution in [0, 0.1) is 23.7 Å². The minimum absolute atomic E-state index is 0.00837. The van der Waals surface area contributed by atoms with Crippen LogP contribution in [0.3, 0.4) is 0 Å². The molecule has 356 valence electrons. The van der Waals surface area contributed by atoms with Gasteiger partial charge in [0.1, 0.15) is 17.6 Å². The van der Waals surface area contributed by atoms with Crippen LogP contribution in [0.25, 0.3) is 11.0 Å². The number of carbonyl (C=O) groups is 3. The van der Waals surface area contributed by atoms with E-state index in [1.54, 1.807) is 47.6 Å². The Morgan fingerprint density at radius 2 is 1.97 bits per heavy atom. The number of aliphatic hydroxyl groups is 2. The smallest absolute Gasteiger partial charge is 0.339 e. The van der Waals surface area contributed by atoms with Gasteiger partial charge in [0.25, 0.3) is 0 Å². The average Bonchev–Trinajstić information content (AvgIpc) is 3.68. The molecule has 2 fully saturated rings. The summed E-state index contributed by atoms with van der Waals surface area (Å²) in [6, 6.07) is 15.4. The lowest BCUT2D eigenvalue weighted by molar-refractivity contribution is -0.186. The molecule has 9 rings (SSSR count). The Balaban J connectivity index is 1.08. The van der Waals surface area contributed by atoms with E-state index in [4.69, 9.17) is 19.6 Å². The van der Waals surface area contributed by atoms with Crippen LogP contribution < -0.4 is 26.7 Å². The van der Waals surface area contributed by atoms with Crippen molar-refractivity contribution in [3.05, 3.63) is 122 Å². The fourth-order valence-electron chi connectivity index (χ4n) is 11.6. The molecule has 3 aromatic rings. The van der Waals surface area contributed by atoms with Crippen molar-refractivity contribution in [3.63, 3.8) is 0 Å². The zero-order chi connectivity index (χ0) is 47.2. The first-order valence-corrected chi connectivity index (χ1v) is 26.0. The molecule has 13 nitrogen and oxygen atoms in total. The minimum atomic E-state index is -1.24. The van der Waals surface area contributed by atoms with E-state index in [9.17, 15) is 29.4 Å². The van der Waals surface area contributed by atoms with Gasteiger partial charge in [0.05, 0.1) is 30.3 Å². The van der Waals surface area contributed by atoms with E-state index in [2.05, 4.69) is 16.7 Å². The summed E-state index contributed by atoms with van der Waals surface area (Å²) in [7, 11) is 5.37. The van der Waals surface area contributed by atoms with E-state index in [1.165, 1.54) is 0 Å². The van der Waals surface area contributed by atoms with Gasteiger partial charge in [0.15, 0.2) is 11.2 Å². The van der Waals surface area contributed by atoms with Crippen LogP contribution in [0.5, 0.6) is 5.75 Å². The van der Waals surface area contributed by atoms with E-state index in [-0.39, 0.29) is 60.4 Å². The number of dihydropyridines is 1. The van der Waals surface area contributed by atoms with Crippen LogP contribution in [0.2, 0.25) is 0 Å². The molecule has 1 spiro atoms. The van der Waals surface area contributed by atoms with E-state index in [0.717, 1.165) is 34.1 Å². The number of aliphatic hydroxyl groups excluding tert-OH is 2. The Labute approximate surface area is 399 Å². The number of fused-ring (bicyclic) bond motifs is 5. The molecule has 5 heterocycles. The largest absolute Gasteiger partial charge is 0.481 e. The van der Waals surface area contributed by atoms with Gasteiger partial charge in [-0.05, 0) is 106 Å². The number of amides is 1. The van der Waals surface area contributed by atoms with Crippen LogP contribution in [0.1, 0.15) is 69.6 Å². The maximum absolute atomic E-state index is 14.6. The van der Waals surface area contributed by atoms with Crippen molar-refractivity contribution in [1.82, 2.24) is 15.5 Å². The van der Waals surface area contributed by atoms with Gasteiger partial charge in [-0.1, -0.05) is 69.6 Å². The lowest BCUT2D eigenvalue weighted by atomic mass is 9.61. The second kappa shape index (κ2) is 19.3. The molecule has 1 amide bonds. The Bertz CT molecular complexity index is 2610. The highest BCUT2D eigenvalue weighted by molar-refractivity contribution is 8.77. The second-order valence-corrected chi connectivity index (χ2v) is 22.2. The monoisotopic (exact) mass is 950 g/mol. The summed E-state index contributed by atoms with van der Waals surface area (Å²) < 4.78 is 20.0. The van der Waals surface area contributed by atoms with Gasteiger partial charge in [0, 0.05) is 84.0 Å². The summed E-state index contributed by atoms with van der Waals surface area (Å²) in [4.78, 5) is 56.6. The summed E-state index contributed by atoms with van der Waals surface area (Å²) >= 11 is 0. The Hall–Kier alpha value is -4.80. The number of ether oxygens (including phenoxy) is 2. The van der Waals surface area contributed by atoms with Crippen molar-refractivity contribution in [2.45, 2.75) is 107 Å². The van der Waals surface area contributed by atoms with Gasteiger partial charge < -0.3 is 50.2 Å². The number of nitrogens with one attached hydrogen (secondary N) is 2. The predicted molar refractivity (Wildman–Crippen MR) is 261 cm³/mol. The predicted octanol–water partition coefficient (Wildman–Crippen LogP) is 5.70. The molecular weight excluding hydrogens is 889 g/mol. The maximum Gasteiger partial charge on any atom is 0.339 e. The number of hydrogen-bond acceptors (Lipinski definition) is 14. The average molecular weight is 951 g/mol. The molecule has 1 saturated heterocycles. The number of esters is 1. The molecular formula is C52H62N4O9S2. The molecule has 0 bridgehead atoms. The third-order valence-corrected chi connectivity index (χ3v) is 18.3. The third-order valence-electron chi connectivity index (χ3n) is 15.4. The zero-order valence-electron chi connectivity index (χ0n) is 38.6. The van der Waals surface area contributed by atoms with Gasteiger partial charge in [-0.2, -0.15) is 0 Å². The number of rotatable bonds is 12. The highest BCUT2D eigenvalue weighted by Gasteiger charge is 2.64. The molecule has 6 aliphatic rings. The number of carbonyl (C=O) groups excluding carboxylic acids is 3. The number of benzene rings is 2. The molecule has 4 aliphatic heterocycles. The van der Waals surface area contributed by atoms with Gasteiger partial charge in [-0.15, -0.1) is 0 Å². The fourth-order valence-corrected chi connectivity index (χ4v) is 14.8. The van der Waals surface area contributed by atoms with Crippen LogP contribution in [0.15, 0.2) is 104 Å². The van der Waals surface area contributed by atoms with E-state index in [0.29, 0.717) is 91.0 Å². The molecule has 1 saturated carbocycles. The van der Waals surface area contributed by atoms with Crippen molar-refractivity contribution in [3.8, 4) is 5.75 Å². The highest BCUT2D eigenvalue weighted by atomic mass is 33.1. The molecule has 6 N–H and O–H groups in total. The maximum atomic E-state index is 14.6. The highest BCUT2D eigenvalue weighted by Crippen LogP contribution is 2.58. The lowest BCUT2D eigenvalue weighted by Crippen LogP contribution is -2.71. The number of allylic oxidation sites excluding steroid dienone is 2. The summed E-state index contributed by atoms with van der Waals surface area (Å²) in [5, 5.41) is 28.6. The van der Waals surface area contributed by atoms with Crippen molar-refractivity contribution < 1.29 is 38.5 Å². The van der Waals surface area contributed by atoms with Crippen molar-refractivity contribution in [1.29, 1.82) is 0 Å². The van der Waals surface area contributed by atoms with Crippen molar-refractivity contribution in [2.75, 3.05) is 32.5 Å². The van der Waals surface area contributed by atoms with E-state index >= 15 is 0 Å². The molecule has 10 unspecified atom stereocenters. The van der Waals surface area contributed by atoms with E-state index < -0.39 is 34.8 Å². The Morgan fingerprint density at radius 1 is 1.16 bits per heavy atom. The van der Waals surface area contributed by atoms with Gasteiger partial charge in [0.2, 0.25) is 5.91 Å². The molecule has 15 heteroatoms. The van der Waals surface area contributed by atoms with Gasteiger partial charge >= 0.3 is 11.6 Å². The molecule has 1 aromatic heterocycles. The van der Waals surface area contributed by atoms with E-state index in [1.807, 2.05) is 67.4 Å². The number of aldehydes is 1. The molecule has 2 aromatic carbocycles. The molecule has 10 atom stereocenters. The Morgan fingerprint density at radius 3 is 2.72 bits per heavy atom. The topological polar surface area (TPSA) is 194 Å². The quantitative estimate of drug-likeness (QED) is 0.0371. The summed E-state index contributed by atoms with van der Waals surface area (Å²) in [5.74, 6) is 0.355. The SMILES string of the molecule is CC=C(C)C(=O)OC1(C)CC=C2CSSC3CC(C=O)C(NC)C4CN(C(=O)CC5=C(C=C(N)NC5)C2C12Cc1cc5cc(CC(CO)CCC(O)Cc6ccccc6)c(=O)oc5cc1O2)C34. The Kier molecular flexibility index (Phi) is 13.6. The summed E-state index contributed by atoms with van der Waals surface area (Å²) in [5.41, 5.74) is 9.55. The van der Waals surface area contributed by atoms with Gasteiger partial charge in [-0.25, -0.2) is 9.59 Å². The number of hydrogen-bond donors (Lipinski definition) is 5. The fraction of sp³-hybridized carbons (Fsp3) is 0.500. The first-order chi connectivity index (χ1) is 32.3. The van der Waals surface area contributed by atoms with Gasteiger partial charge in [-0.3, -0.25) is 4.79 Å².